The lowest BCUT2D eigenvalue weighted by atomic mass is 9.90. The largest absolute Gasteiger partial charge is 0.478 e. The van der Waals surface area contributed by atoms with Crippen LogP contribution in [0.3, 0.4) is 0 Å². The molecule has 2 unspecified atom stereocenters. The van der Waals surface area contributed by atoms with Gasteiger partial charge >= 0.3 is 5.97 Å². The molecule has 6 heteroatoms. The number of carbonyl (C=O) groups excluding carboxylic acids is 1. The Morgan fingerprint density at radius 3 is 2.81 bits per heavy atom. The zero-order valence-corrected chi connectivity index (χ0v) is 11.7. The Hall–Kier alpha value is -1.95. The van der Waals surface area contributed by atoms with Crippen LogP contribution in [0.25, 0.3) is 0 Å². The molecule has 2 atom stereocenters. The van der Waals surface area contributed by atoms with Gasteiger partial charge in [0, 0.05) is 12.7 Å². The highest BCUT2D eigenvalue weighted by molar-refractivity contribution is 5.94. The maximum absolute atomic E-state index is 12.6. The minimum absolute atomic E-state index is 0.0871. The van der Waals surface area contributed by atoms with E-state index in [1.54, 1.807) is 0 Å². The predicted octanol–water partition coefficient (Wildman–Crippen LogP) is 1.56. The molecule has 1 N–H and O–H groups in total. The standard InChI is InChI=1S/C15H18N2O4/c18-14(11-6-5-10(9-16-11)15(19)20)17-7-8-21-13-4-2-1-3-12(13)17/h5-6,9,12-13H,1-4,7-8H2,(H,19,20). The number of morpholine rings is 1. The van der Waals surface area contributed by atoms with E-state index in [-0.39, 0.29) is 23.6 Å². The predicted molar refractivity (Wildman–Crippen MR) is 74.2 cm³/mol. The number of hydrogen-bond donors (Lipinski definition) is 1. The molecule has 2 aliphatic rings. The van der Waals surface area contributed by atoms with Gasteiger partial charge in [0.1, 0.15) is 5.69 Å². The first kappa shape index (κ1) is 14.0. The molecule has 3 rings (SSSR count). The maximum Gasteiger partial charge on any atom is 0.337 e. The van der Waals surface area contributed by atoms with Crippen LogP contribution < -0.4 is 0 Å². The van der Waals surface area contributed by atoms with Gasteiger partial charge in [-0.1, -0.05) is 12.8 Å². The molecule has 1 aliphatic heterocycles. The molecule has 2 fully saturated rings. The number of ether oxygens (including phenoxy) is 1. The number of aromatic nitrogens is 1. The molecule has 1 saturated carbocycles. The lowest BCUT2D eigenvalue weighted by molar-refractivity contribution is -0.0754. The molecule has 0 radical (unpaired) electrons. The van der Waals surface area contributed by atoms with E-state index in [1.165, 1.54) is 18.3 Å². The summed E-state index contributed by atoms with van der Waals surface area (Å²) in [5.41, 5.74) is 0.385. The van der Waals surface area contributed by atoms with Crippen molar-refractivity contribution in [1.29, 1.82) is 0 Å². The van der Waals surface area contributed by atoms with Crippen molar-refractivity contribution in [3.63, 3.8) is 0 Å². The summed E-state index contributed by atoms with van der Waals surface area (Å²) in [7, 11) is 0. The Morgan fingerprint density at radius 1 is 1.29 bits per heavy atom. The number of pyridine rings is 1. The second-order valence-electron chi connectivity index (χ2n) is 5.50. The normalized spacial score (nSPS) is 25.2. The minimum atomic E-state index is -1.04. The summed E-state index contributed by atoms with van der Waals surface area (Å²) in [5.74, 6) is -1.17. The molecule has 1 aromatic rings. The fourth-order valence-electron chi connectivity index (χ4n) is 3.14. The van der Waals surface area contributed by atoms with E-state index in [0.717, 1.165) is 25.7 Å². The zero-order valence-electron chi connectivity index (χ0n) is 11.7. The molecular weight excluding hydrogens is 272 g/mol. The van der Waals surface area contributed by atoms with E-state index >= 15 is 0 Å². The van der Waals surface area contributed by atoms with E-state index < -0.39 is 5.97 Å². The summed E-state index contributed by atoms with van der Waals surface area (Å²) in [5, 5.41) is 8.87. The highest BCUT2D eigenvalue weighted by Gasteiger charge is 2.37. The van der Waals surface area contributed by atoms with Crippen molar-refractivity contribution in [1.82, 2.24) is 9.88 Å². The number of hydrogen-bond acceptors (Lipinski definition) is 4. The Morgan fingerprint density at radius 2 is 2.10 bits per heavy atom. The average Bonchev–Trinajstić information content (AvgIpc) is 2.53. The molecule has 1 aliphatic carbocycles. The van der Waals surface area contributed by atoms with Crippen LogP contribution in [0.1, 0.15) is 46.5 Å². The van der Waals surface area contributed by atoms with Crippen LogP contribution in [0, 0.1) is 0 Å². The Kier molecular flexibility index (Phi) is 3.88. The second kappa shape index (κ2) is 5.81. The summed E-state index contributed by atoms with van der Waals surface area (Å²) < 4.78 is 5.76. The molecule has 2 heterocycles. The molecule has 0 bridgehead atoms. The van der Waals surface area contributed by atoms with Crippen LogP contribution in [-0.4, -0.2) is 52.2 Å². The Bertz CT molecular complexity index is 541. The lowest BCUT2D eigenvalue weighted by Gasteiger charge is -2.43. The molecule has 0 aromatic carbocycles. The van der Waals surface area contributed by atoms with Gasteiger partial charge in [-0.15, -0.1) is 0 Å². The zero-order chi connectivity index (χ0) is 14.8. The molecule has 1 saturated heterocycles. The van der Waals surface area contributed by atoms with Crippen LogP contribution in [0.15, 0.2) is 18.3 Å². The van der Waals surface area contributed by atoms with Crippen LogP contribution >= 0.6 is 0 Å². The molecule has 0 spiro atoms. The van der Waals surface area contributed by atoms with Gasteiger partial charge in [-0.05, 0) is 25.0 Å². The number of rotatable bonds is 2. The van der Waals surface area contributed by atoms with Crippen molar-refractivity contribution in [2.75, 3.05) is 13.2 Å². The minimum Gasteiger partial charge on any atom is -0.478 e. The van der Waals surface area contributed by atoms with Crippen molar-refractivity contribution in [3.05, 3.63) is 29.6 Å². The average molecular weight is 290 g/mol. The van der Waals surface area contributed by atoms with E-state index in [4.69, 9.17) is 9.84 Å². The van der Waals surface area contributed by atoms with E-state index in [1.807, 2.05) is 4.90 Å². The molecule has 21 heavy (non-hydrogen) atoms. The van der Waals surface area contributed by atoms with Crippen molar-refractivity contribution < 1.29 is 19.4 Å². The number of carbonyl (C=O) groups is 2. The maximum atomic E-state index is 12.6. The first-order valence-electron chi connectivity index (χ1n) is 7.29. The van der Waals surface area contributed by atoms with E-state index in [2.05, 4.69) is 4.98 Å². The number of nitrogens with zero attached hydrogens (tertiary/aromatic N) is 2. The van der Waals surface area contributed by atoms with Crippen molar-refractivity contribution in [2.45, 2.75) is 37.8 Å². The molecule has 6 nitrogen and oxygen atoms in total. The SMILES string of the molecule is O=C(O)c1ccc(C(=O)N2CCOC3CCCCC32)nc1. The summed E-state index contributed by atoms with van der Waals surface area (Å²) in [6.45, 7) is 1.13. The number of fused-ring (bicyclic) bond motifs is 1. The first-order valence-corrected chi connectivity index (χ1v) is 7.29. The van der Waals surface area contributed by atoms with E-state index in [0.29, 0.717) is 18.8 Å². The van der Waals surface area contributed by atoms with Gasteiger partial charge < -0.3 is 14.7 Å². The van der Waals surface area contributed by atoms with Gasteiger partial charge in [-0.3, -0.25) is 9.78 Å². The lowest BCUT2D eigenvalue weighted by Crippen LogP contribution is -2.54. The quantitative estimate of drug-likeness (QED) is 0.894. The number of carboxylic acid groups (broad SMARTS) is 1. The summed E-state index contributed by atoms with van der Waals surface area (Å²) >= 11 is 0. The molecule has 1 amide bonds. The van der Waals surface area contributed by atoms with Gasteiger partial charge in [-0.2, -0.15) is 0 Å². The third-order valence-corrected chi connectivity index (χ3v) is 4.22. The molecule has 1 aromatic heterocycles. The van der Waals surface area contributed by atoms with Crippen molar-refractivity contribution in [2.24, 2.45) is 0 Å². The number of carboxylic acids is 1. The Balaban J connectivity index is 1.78. The van der Waals surface area contributed by atoms with E-state index in [9.17, 15) is 9.59 Å². The van der Waals surface area contributed by atoms with Crippen LogP contribution in [-0.2, 0) is 4.74 Å². The van der Waals surface area contributed by atoms with Gasteiger partial charge in [0.25, 0.3) is 5.91 Å². The van der Waals surface area contributed by atoms with Gasteiger partial charge in [0.05, 0.1) is 24.3 Å². The molecular formula is C15H18N2O4. The molecule has 112 valence electrons. The van der Waals surface area contributed by atoms with Crippen molar-refractivity contribution in [3.8, 4) is 0 Å². The number of amides is 1. The summed E-state index contributed by atoms with van der Waals surface area (Å²) in [6.07, 6.45) is 5.58. The van der Waals surface area contributed by atoms with Gasteiger partial charge in [0.2, 0.25) is 0 Å². The fraction of sp³-hybridized carbons (Fsp3) is 0.533. The Labute approximate surface area is 122 Å². The second-order valence-corrected chi connectivity index (χ2v) is 5.50. The first-order chi connectivity index (χ1) is 10.2. The van der Waals surface area contributed by atoms with Crippen LogP contribution in [0.5, 0.6) is 0 Å². The topological polar surface area (TPSA) is 79.7 Å². The number of aromatic carboxylic acids is 1. The van der Waals surface area contributed by atoms with Gasteiger partial charge in [-0.25, -0.2) is 4.79 Å². The smallest absolute Gasteiger partial charge is 0.337 e. The highest BCUT2D eigenvalue weighted by atomic mass is 16.5. The third kappa shape index (κ3) is 2.76. The van der Waals surface area contributed by atoms with Gasteiger partial charge in [0.15, 0.2) is 0 Å². The van der Waals surface area contributed by atoms with Crippen molar-refractivity contribution >= 4 is 11.9 Å². The fourth-order valence-corrected chi connectivity index (χ4v) is 3.14. The summed E-state index contributed by atoms with van der Waals surface area (Å²) in [6, 6.07) is 3.03. The highest BCUT2D eigenvalue weighted by Crippen LogP contribution is 2.29. The third-order valence-electron chi connectivity index (χ3n) is 4.22. The summed E-state index contributed by atoms with van der Waals surface area (Å²) in [4.78, 5) is 29.3. The van der Waals surface area contributed by atoms with Crippen LogP contribution in [0.2, 0.25) is 0 Å². The van der Waals surface area contributed by atoms with Crippen LogP contribution in [0.4, 0.5) is 0 Å². The monoisotopic (exact) mass is 290 g/mol.